The molecule has 0 spiro atoms. The number of nitrogens with one attached hydrogen (secondary N) is 1. The van der Waals surface area contributed by atoms with E-state index >= 15 is 0 Å². The molecule has 0 aliphatic heterocycles. The molecular formula is C20H15N3O4. The third-order valence-corrected chi connectivity index (χ3v) is 4.13. The Hall–Kier alpha value is -3.84. The highest BCUT2D eigenvalue weighted by Gasteiger charge is 2.12. The van der Waals surface area contributed by atoms with E-state index in [0.29, 0.717) is 17.0 Å². The Bertz CT molecular complexity index is 1120. The van der Waals surface area contributed by atoms with Crippen LogP contribution in [0.3, 0.4) is 0 Å². The number of nitro benzene ring substituents is 1. The first-order valence-corrected chi connectivity index (χ1v) is 7.96. The number of aromatic amines is 1. The van der Waals surface area contributed by atoms with Crippen LogP contribution in [-0.4, -0.2) is 26.2 Å². The number of aromatic nitrogens is 2. The van der Waals surface area contributed by atoms with E-state index in [-0.39, 0.29) is 16.9 Å². The molecule has 0 aliphatic carbocycles. The van der Waals surface area contributed by atoms with Gasteiger partial charge in [0, 0.05) is 28.8 Å². The van der Waals surface area contributed by atoms with Crippen molar-refractivity contribution in [1.29, 1.82) is 0 Å². The monoisotopic (exact) mass is 361 g/mol. The summed E-state index contributed by atoms with van der Waals surface area (Å²) in [5.41, 5.74) is 3.43. The average Bonchev–Trinajstić information content (AvgIpc) is 3.11. The molecule has 0 saturated heterocycles. The van der Waals surface area contributed by atoms with Gasteiger partial charge in [-0.2, -0.15) is 0 Å². The second-order valence-electron chi connectivity index (χ2n) is 5.82. The molecule has 0 aliphatic rings. The third-order valence-electron chi connectivity index (χ3n) is 4.13. The predicted octanol–water partition coefficient (Wildman–Crippen LogP) is 3.54. The van der Waals surface area contributed by atoms with E-state index in [1.165, 1.54) is 12.1 Å². The molecule has 27 heavy (non-hydrogen) atoms. The number of ketones is 1. The first-order chi connectivity index (χ1) is 12.6. The standard InChI is InChI=1S/C20H13N3O3.H2O/c24-19(13-4-2-1-3-5-13)15-8-11-17-18(12-15)22-20(21-17)14-6-9-16(10-7-14)23(25)26;/h1-12H,(H,21,22);1H2. The summed E-state index contributed by atoms with van der Waals surface area (Å²) in [4.78, 5) is 30.6. The Balaban J connectivity index is 0.00000210. The van der Waals surface area contributed by atoms with Gasteiger partial charge in [0.05, 0.1) is 16.0 Å². The minimum absolute atomic E-state index is 0. The lowest BCUT2D eigenvalue weighted by atomic mass is 10.0. The second-order valence-corrected chi connectivity index (χ2v) is 5.82. The summed E-state index contributed by atoms with van der Waals surface area (Å²) < 4.78 is 0. The van der Waals surface area contributed by atoms with Crippen LogP contribution in [0, 0.1) is 10.1 Å². The average molecular weight is 361 g/mol. The van der Waals surface area contributed by atoms with E-state index in [9.17, 15) is 14.9 Å². The fraction of sp³-hybridized carbons (Fsp3) is 0. The smallest absolute Gasteiger partial charge is 0.269 e. The van der Waals surface area contributed by atoms with E-state index in [0.717, 1.165) is 16.6 Å². The maximum Gasteiger partial charge on any atom is 0.269 e. The lowest BCUT2D eigenvalue weighted by molar-refractivity contribution is -0.384. The van der Waals surface area contributed by atoms with Crippen LogP contribution in [0.25, 0.3) is 22.4 Å². The zero-order chi connectivity index (χ0) is 18.1. The van der Waals surface area contributed by atoms with Crippen molar-refractivity contribution in [2.24, 2.45) is 0 Å². The Morgan fingerprint density at radius 3 is 2.30 bits per heavy atom. The Morgan fingerprint density at radius 2 is 1.63 bits per heavy atom. The largest absolute Gasteiger partial charge is 0.412 e. The van der Waals surface area contributed by atoms with Crippen molar-refractivity contribution in [2.45, 2.75) is 0 Å². The summed E-state index contributed by atoms with van der Waals surface area (Å²) in [5.74, 6) is 0.540. The van der Waals surface area contributed by atoms with Gasteiger partial charge in [0.25, 0.3) is 5.69 Å². The predicted molar refractivity (Wildman–Crippen MR) is 102 cm³/mol. The normalized spacial score (nSPS) is 10.4. The number of carbonyl (C=O) groups excluding carboxylic acids is 1. The van der Waals surface area contributed by atoms with Gasteiger partial charge in [-0.15, -0.1) is 0 Å². The van der Waals surface area contributed by atoms with Crippen molar-refractivity contribution in [2.75, 3.05) is 0 Å². The molecule has 1 heterocycles. The molecule has 1 aromatic heterocycles. The van der Waals surface area contributed by atoms with Crippen molar-refractivity contribution >= 4 is 22.5 Å². The third kappa shape index (κ3) is 3.44. The number of fused-ring (bicyclic) bond motifs is 1. The van der Waals surface area contributed by atoms with Gasteiger partial charge in [0.1, 0.15) is 5.82 Å². The topological polar surface area (TPSA) is 120 Å². The van der Waals surface area contributed by atoms with Crippen LogP contribution in [0.5, 0.6) is 0 Å². The van der Waals surface area contributed by atoms with Crippen LogP contribution in [0.1, 0.15) is 15.9 Å². The van der Waals surface area contributed by atoms with E-state index in [1.807, 2.05) is 18.2 Å². The maximum atomic E-state index is 12.6. The molecule has 3 N–H and O–H groups in total. The summed E-state index contributed by atoms with van der Waals surface area (Å²) in [5, 5.41) is 10.8. The molecule has 0 radical (unpaired) electrons. The minimum Gasteiger partial charge on any atom is -0.412 e. The Labute approximate surface area is 153 Å². The minimum atomic E-state index is -0.441. The van der Waals surface area contributed by atoms with Crippen LogP contribution >= 0.6 is 0 Å². The highest BCUT2D eigenvalue weighted by molar-refractivity contribution is 6.10. The molecule has 134 valence electrons. The van der Waals surface area contributed by atoms with Gasteiger partial charge in [0.15, 0.2) is 5.78 Å². The molecule has 0 atom stereocenters. The van der Waals surface area contributed by atoms with Gasteiger partial charge in [-0.05, 0) is 30.3 Å². The zero-order valence-corrected chi connectivity index (χ0v) is 14.0. The molecule has 4 aromatic rings. The number of rotatable bonds is 4. The maximum absolute atomic E-state index is 12.6. The Morgan fingerprint density at radius 1 is 0.926 bits per heavy atom. The fourth-order valence-electron chi connectivity index (χ4n) is 2.78. The number of benzene rings is 3. The first-order valence-electron chi connectivity index (χ1n) is 7.96. The number of carbonyl (C=O) groups is 1. The fourth-order valence-corrected chi connectivity index (χ4v) is 2.78. The second kappa shape index (κ2) is 7.19. The summed E-state index contributed by atoms with van der Waals surface area (Å²) >= 11 is 0. The van der Waals surface area contributed by atoms with Crippen molar-refractivity contribution in [3.63, 3.8) is 0 Å². The molecule has 0 bridgehead atoms. The molecule has 7 heteroatoms. The van der Waals surface area contributed by atoms with E-state index in [1.54, 1.807) is 42.5 Å². The molecule has 0 unspecified atom stereocenters. The molecule has 4 rings (SSSR count). The summed E-state index contributed by atoms with van der Waals surface area (Å²) in [6.07, 6.45) is 0. The van der Waals surface area contributed by atoms with Gasteiger partial charge in [-0.1, -0.05) is 30.3 Å². The molecule has 7 nitrogen and oxygen atoms in total. The Kier molecular flexibility index (Phi) is 4.78. The van der Waals surface area contributed by atoms with Gasteiger partial charge in [0.2, 0.25) is 0 Å². The molecule has 0 saturated carbocycles. The van der Waals surface area contributed by atoms with E-state index in [4.69, 9.17) is 0 Å². The van der Waals surface area contributed by atoms with Crippen molar-refractivity contribution in [3.05, 3.63) is 94.0 Å². The van der Waals surface area contributed by atoms with Crippen molar-refractivity contribution in [3.8, 4) is 11.4 Å². The number of imidazole rings is 1. The SMILES string of the molecule is O.O=C(c1ccccc1)c1ccc2nc(-c3ccc([N+](=O)[O-])cc3)[nH]c2c1. The zero-order valence-electron chi connectivity index (χ0n) is 14.0. The highest BCUT2D eigenvalue weighted by Crippen LogP contribution is 2.24. The van der Waals surface area contributed by atoms with Crippen LogP contribution in [-0.2, 0) is 0 Å². The lowest BCUT2D eigenvalue weighted by Crippen LogP contribution is -2.00. The number of hydrogen-bond donors (Lipinski definition) is 1. The van der Waals surface area contributed by atoms with Gasteiger partial charge in [-0.25, -0.2) is 4.98 Å². The highest BCUT2D eigenvalue weighted by atomic mass is 16.6. The number of H-pyrrole nitrogens is 1. The van der Waals surface area contributed by atoms with Crippen molar-refractivity contribution in [1.82, 2.24) is 9.97 Å². The molecule has 3 aromatic carbocycles. The van der Waals surface area contributed by atoms with Crippen LogP contribution in [0.15, 0.2) is 72.8 Å². The van der Waals surface area contributed by atoms with Crippen LogP contribution in [0.2, 0.25) is 0 Å². The lowest BCUT2D eigenvalue weighted by Gasteiger charge is -2.00. The molecular weight excluding hydrogens is 346 g/mol. The summed E-state index contributed by atoms with van der Waals surface area (Å²) in [6.45, 7) is 0. The molecule has 0 fully saturated rings. The van der Waals surface area contributed by atoms with Gasteiger partial charge >= 0.3 is 0 Å². The van der Waals surface area contributed by atoms with E-state index in [2.05, 4.69) is 9.97 Å². The van der Waals surface area contributed by atoms with E-state index < -0.39 is 4.92 Å². The van der Waals surface area contributed by atoms with Crippen LogP contribution in [0.4, 0.5) is 5.69 Å². The quantitative estimate of drug-likeness (QED) is 0.339. The summed E-state index contributed by atoms with van der Waals surface area (Å²) in [6, 6.07) is 20.6. The van der Waals surface area contributed by atoms with Crippen molar-refractivity contribution < 1.29 is 15.2 Å². The molecule has 0 amide bonds. The number of nitrogens with zero attached hydrogens (tertiary/aromatic N) is 2. The number of nitro groups is 1. The van der Waals surface area contributed by atoms with Crippen LogP contribution < -0.4 is 0 Å². The summed E-state index contributed by atoms with van der Waals surface area (Å²) in [7, 11) is 0. The number of hydrogen-bond acceptors (Lipinski definition) is 4. The van der Waals surface area contributed by atoms with Gasteiger partial charge < -0.3 is 10.5 Å². The first kappa shape index (κ1) is 18.0. The van der Waals surface area contributed by atoms with Gasteiger partial charge in [-0.3, -0.25) is 14.9 Å². The number of non-ortho nitro benzene ring substituents is 1.